The van der Waals surface area contributed by atoms with Gasteiger partial charge < -0.3 is 10.2 Å². The quantitative estimate of drug-likeness (QED) is 0.918. The minimum absolute atomic E-state index is 0.134. The Hall–Kier alpha value is -1.88. The largest absolute Gasteiger partial charge is 0.350 e. The van der Waals surface area contributed by atoms with Crippen LogP contribution in [0.1, 0.15) is 36.9 Å². The fourth-order valence-corrected chi connectivity index (χ4v) is 3.70. The number of aryl methyl sites for hydroxylation is 2. The number of rotatable bonds is 5. The van der Waals surface area contributed by atoms with Crippen LogP contribution in [0.25, 0.3) is 10.9 Å². The molecule has 0 spiro atoms. The van der Waals surface area contributed by atoms with Gasteiger partial charge in [0.15, 0.2) is 0 Å². The van der Waals surface area contributed by atoms with E-state index in [-0.39, 0.29) is 5.91 Å². The Kier molecular flexibility index (Phi) is 5.19. The van der Waals surface area contributed by atoms with Crippen LogP contribution in [0.15, 0.2) is 18.2 Å². The van der Waals surface area contributed by atoms with Crippen molar-refractivity contribution in [2.24, 2.45) is 13.0 Å². The summed E-state index contributed by atoms with van der Waals surface area (Å²) in [4.78, 5) is 14.6. The highest BCUT2D eigenvalue weighted by atomic mass is 16.1. The van der Waals surface area contributed by atoms with E-state index in [2.05, 4.69) is 47.5 Å². The Morgan fingerprint density at radius 3 is 3.00 bits per heavy atom. The van der Waals surface area contributed by atoms with Crippen LogP contribution >= 0.6 is 0 Å². The zero-order chi connectivity index (χ0) is 17.1. The molecule has 1 aliphatic heterocycles. The average Bonchev–Trinajstić information content (AvgIpc) is 2.86. The number of piperidine rings is 1. The molecule has 2 heterocycles. The van der Waals surface area contributed by atoms with Crippen molar-refractivity contribution < 1.29 is 4.79 Å². The molecule has 1 aliphatic rings. The van der Waals surface area contributed by atoms with Crippen LogP contribution in [-0.2, 0) is 18.4 Å². The number of benzene rings is 1. The van der Waals surface area contributed by atoms with Crippen molar-refractivity contribution in [3.63, 3.8) is 0 Å². The molecule has 1 saturated heterocycles. The molecule has 1 aromatic heterocycles. The van der Waals surface area contributed by atoms with E-state index in [0.717, 1.165) is 29.6 Å². The Morgan fingerprint density at radius 1 is 1.38 bits per heavy atom. The van der Waals surface area contributed by atoms with Crippen molar-refractivity contribution in [3.8, 4) is 0 Å². The van der Waals surface area contributed by atoms with Crippen LogP contribution in [-0.4, -0.2) is 40.7 Å². The van der Waals surface area contributed by atoms with Crippen LogP contribution < -0.4 is 5.32 Å². The Morgan fingerprint density at radius 2 is 2.21 bits per heavy atom. The number of carbonyl (C=O) groups is 1. The summed E-state index contributed by atoms with van der Waals surface area (Å²) in [6.07, 6.45) is 4.10. The first kappa shape index (κ1) is 17.0. The summed E-state index contributed by atoms with van der Waals surface area (Å²) in [7, 11) is 4.11. The molecular formula is C19H28N4O. The Bertz CT molecular complexity index is 721. The van der Waals surface area contributed by atoms with Crippen molar-refractivity contribution in [3.05, 3.63) is 29.5 Å². The van der Waals surface area contributed by atoms with Crippen LogP contribution in [0.3, 0.4) is 0 Å². The molecule has 130 valence electrons. The second-order valence-corrected chi connectivity index (χ2v) is 7.18. The lowest BCUT2D eigenvalue weighted by molar-refractivity contribution is -0.121. The van der Waals surface area contributed by atoms with E-state index in [1.165, 1.54) is 24.9 Å². The number of fused-ring (bicyclic) bond motifs is 1. The number of nitrogens with one attached hydrogen (secondary N) is 1. The maximum Gasteiger partial charge on any atom is 0.220 e. The molecule has 24 heavy (non-hydrogen) atoms. The topological polar surface area (TPSA) is 50.2 Å². The van der Waals surface area contributed by atoms with Crippen LogP contribution in [0.4, 0.5) is 0 Å². The van der Waals surface area contributed by atoms with Gasteiger partial charge in [-0.2, -0.15) is 5.10 Å². The summed E-state index contributed by atoms with van der Waals surface area (Å²) in [6, 6.07) is 6.32. The lowest BCUT2D eigenvalue weighted by Crippen LogP contribution is -2.33. The average molecular weight is 328 g/mol. The smallest absolute Gasteiger partial charge is 0.220 e. The standard InChI is InChI=1S/C19H28N4O/c1-14-6-8-18-16(11-14)17(21-23(18)3)12-20-19(24)9-7-15-5-4-10-22(2)13-15/h6,8,11,15H,4-5,7,9-10,12-13H2,1-3H3,(H,20,24)/t15-/m0/s1. The molecule has 1 fully saturated rings. The maximum absolute atomic E-state index is 12.2. The van der Waals surface area contributed by atoms with Crippen LogP contribution in [0.2, 0.25) is 0 Å². The fraction of sp³-hybridized carbons (Fsp3) is 0.579. The van der Waals surface area contributed by atoms with Gasteiger partial charge in [-0.1, -0.05) is 11.6 Å². The van der Waals surface area contributed by atoms with Crippen molar-refractivity contribution in [1.29, 1.82) is 0 Å². The molecule has 1 atom stereocenters. The molecule has 1 amide bonds. The first-order valence-corrected chi connectivity index (χ1v) is 8.90. The normalized spacial score (nSPS) is 18.9. The lowest BCUT2D eigenvalue weighted by Gasteiger charge is -2.29. The molecule has 0 saturated carbocycles. The zero-order valence-electron chi connectivity index (χ0n) is 15.0. The predicted molar refractivity (Wildman–Crippen MR) is 96.8 cm³/mol. The monoisotopic (exact) mass is 328 g/mol. The molecule has 0 aliphatic carbocycles. The first-order chi connectivity index (χ1) is 11.5. The third-order valence-electron chi connectivity index (χ3n) is 5.04. The molecule has 0 bridgehead atoms. The summed E-state index contributed by atoms with van der Waals surface area (Å²) < 4.78 is 1.88. The third-order valence-corrected chi connectivity index (χ3v) is 5.04. The van der Waals surface area contributed by atoms with Gasteiger partial charge in [-0.3, -0.25) is 9.48 Å². The molecule has 0 radical (unpaired) electrons. The number of aromatic nitrogens is 2. The minimum atomic E-state index is 0.134. The van der Waals surface area contributed by atoms with Gasteiger partial charge in [-0.15, -0.1) is 0 Å². The number of hydrogen-bond acceptors (Lipinski definition) is 3. The van der Waals surface area contributed by atoms with E-state index in [1.807, 2.05) is 11.7 Å². The van der Waals surface area contributed by atoms with Crippen molar-refractivity contribution in [2.45, 2.75) is 39.2 Å². The van der Waals surface area contributed by atoms with Gasteiger partial charge in [0.2, 0.25) is 5.91 Å². The fourth-order valence-electron chi connectivity index (χ4n) is 3.70. The highest BCUT2D eigenvalue weighted by molar-refractivity contribution is 5.83. The third kappa shape index (κ3) is 3.96. The highest BCUT2D eigenvalue weighted by Gasteiger charge is 2.18. The first-order valence-electron chi connectivity index (χ1n) is 8.90. The zero-order valence-corrected chi connectivity index (χ0v) is 15.0. The minimum Gasteiger partial charge on any atom is -0.350 e. The number of carbonyl (C=O) groups excluding carboxylic acids is 1. The lowest BCUT2D eigenvalue weighted by atomic mass is 9.93. The van der Waals surface area contributed by atoms with Gasteiger partial charge in [-0.05, 0) is 57.8 Å². The molecular weight excluding hydrogens is 300 g/mol. The van der Waals surface area contributed by atoms with E-state index in [0.29, 0.717) is 18.9 Å². The van der Waals surface area contributed by atoms with Gasteiger partial charge >= 0.3 is 0 Å². The van der Waals surface area contributed by atoms with Crippen molar-refractivity contribution in [1.82, 2.24) is 20.0 Å². The van der Waals surface area contributed by atoms with E-state index in [1.54, 1.807) is 0 Å². The van der Waals surface area contributed by atoms with Gasteiger partial charge in [0, 0.05) is 25.4 Å². The molecule has 1 N–H and O–H groups in total. The van der Waals surface area contributed by atoms with Crippen molar-refractivity contribution in [2.75, 3.05) is 20.1 Å². The van der Waals surface area contributed by atoms with Crippen LogP contribution in [0.5, 0.6) is 0 Å². The van der Waals surface area contributed by atoms with E-state index >= 15 is 0 Å². The second kappa shape index (κ2) is 7.34. The van der Waals surface area contributed by atoms with Gasteiger partial charge in [0.25, 0.3) is 0 Å². The van der Waals surface area contributed by atoms with Crippen LogP contribution in [0, 0.1) is 12.8 Å². The predicted octanol–water partition coefficient (Wildman–Crippen LogP) is 2.62. The summed E-state index contributed by atoms with van der Waals surface area (Å²) in [5.41, 5.74) is 3.27. The van der Waals surface area contributed by atoms with Crippen molar-refractivity contribution >= 4 is 16.8 Å². The number of nitrogens with zero attached hydrogens (tertiary/aromatic N) is 3. The molecule has 5 heteroatoms. The molecule has 2 aromatic rings. The molecule has 3 rings (SSSR count). The Labute approximate surface area is 144 Å². The molecule has 0 unspecified atom stereocenters. The molecule has 5 nitrogen and oxygen atoms in total. The van der Waals surface area contributed by atoms with E-state index in [4.69, 9.17) is 0 Å². The van der Waals surface area contributed by atoms with Gasteiger partial charge in [-0.25, -0.2) is 0 Å². The highest BCUT2D eigenvalue weighted by Crippen LogP contribution is 2.21. The summed E-state index contributed by atoms with van der Waals surface area (Å²) in [5.74, 6) is 0.794. The Balaban J connectivity index is 1.54. The SMILES string of the molecule is Cc1ccc2c(c1)c(CNC(=O)CC[C@@H]1CCCN(C)C1)nn2C. The summed E-state index contributed by atoms with van der Waals surface area (Å²) >= 11 is 0. The van der Waals surface area contributed by atoms with E-state index < -0.39 is 0 Å². The second-order valence-electron chi connectivity index (χ2n) is 7.18. The van der Waals surface area contributed by atoms with E-state index in [9.17, 15) is 4.79 Å². The van der Waals surface area contributed by atoms with Gasteiger partial charge in [0.05, 0.1) is 17.8 Å². The maximum atomic E-state index is 12.2. The van der Waals surface area contributed by atoms with Gasteiger partial charge in [0.1, 0.15) is 0 Å². The number of amides is 1. The summed E-state index contributed by atoms with van der Waals surface area (Å²) in [6.45, 7) is 4.90. The number of hydrogen-bond donors (Lipinski definition) is 1. The summed E-state index contributed by atoms with van der Waals surface area (Å²) in [5, 5.41) is 8.74. The number of likely N-dealkylation sites (tertiary alicyclic amines) is 1. The molecule has 1 aromatic carbocycles.